The molecular formula is C17H23N3O4. The van der Waals surface area contributed by atoms with Gasteiger partial charge in [0.15, 0.2) is 0 Å². The van der Waals surface area contributed by atoms with E-state index in [4.69, 9.17) is 5.11 Å². The van der Waals surface area contributed by atoms with Crippen molar-refractivity contribution in [1.29, 1.82) is 0 Å². The van der Waals surface area contributed by atoms with Crippen LogP contribution in [0.15, 0.2) is 24.3 Å². The zero-order valence-corrected chi connectivity index (χ0v) is 13.9. The van der Waals surface area contributed by atoms with E-state index < -0.39 is 5.97 Å². The third-order valence-corrected chi connectivity index (χ3v) is 3.84. The first-order valence-electron chi connectivity index (χ1n) is 8.07. The zero-order valence-electron chi connectivity index (χ0n) is 13.9. The zero-order chi connectivity index (χ0) is 17.7. The van der Waals surface area contributed by atoms with Crippen LogP contribution in [0.25, 0.3) is 0 Å². The summed E-state index contributed by atoms with van der Waals surface area (Å²) in [5.41, 5.74) is 0.961. The molecule has 24 heavy (non-hydrogen) atoms. The van der Waals surface area contributed by atoms with Crippen molar-refractivity contribution in [3.63, 3.8) is 0 Å². The minimum Gasteiger partial charge on any atom is -0.481 e. The summed E-state index contributed by atoms with van der Waals surface area (Å²) in [5, 5.41) is 14.4. The molecule has 0 aromatic heterocycles. The molecule has 1 aliphatic heterocycles. The van der Waals surface area contributed by atoms with Crippen molar-refractivity contribution in [3.8, 4) is 0 Å². The van der Waals surface area contributed by atoms with Crippen molar-refractivity contribution in [2.75, 3.05) is 11.9 Å². The Labute approximate surface area is 141 Å². The SMILES string of the molecule is CC(C)NC(=O)Nc1cccc(C(=O)N2CCCC2CC(=O)O)c1. The summed E-state index contributed by atoms with van der Waals surface area (Å²) in [6.07, 6.45) is 1.46. The van der Waals surface area contributed by atoms with Crippen LogP contribution in [0.1, 0.15) is 43.5 Å². The number of carbonyl (C=O) groups is 3. The van der Waals surface area contributed by atoms with Gasteiger partial charge in [0, 0.05) is 29.9 Å². The topological polar surface area (TPSA) is 98.7 Å². The van der Waals surface area contributed by atoms with Crippen LogP contribution in [-0.4, -0.2) is 46.5 Å². The monoisotopic (exact) mass is 333 g/mol. The molecule has 0 saturated carbocycles. The van der Waals surface area contributed by atoms with Crippen LogP contribution < -0.4 is 10.6 Å². The Morgan fingerprint density at radius 1 is 1.33 bits per heavy atom. The van der Waals surface area contributed by atoms with Crippen LogP contribution in [0, 0.1) is 0 Å². The van der Waals surface area contributed by atoms with E-state index >= 15 is 0 Å². The minimum absolute atomic E-state index is 0.0104. The lowest BCUT2D eigenvalue weighted by molar-refractivity contribution is -0.137. The standard InChI is InChI=1S/C17H23N3O4/c1-11(2)18-17(24)19-13-6-3-5-12(9-13)16(23)20-8-4-7-14(20)10-15(21)22/h3,5-6,9,11,14H,4,7-8,10H2,1-2H3,(H,21,22)(H2,18,19,24). The summed E-state index contributed by atoms with van der Waals surface area (Å²) in [6, 6.07) is 6.09. The molecule has 1 saturated heterocycles. The van der Waals surface area contributed by atoms with Crippen LogP contribution in [0.5, 0.6) is 0 Å². The largest absolute Gasteiger partial charge is 0.481 e. The molecule has 7 heteroatoms. The maximum Gasteiger partial charge on any atom is 0.319 e. The smallest absolute Gasteiger partial charge is 0.319 e. The number of carboxylic acids is 1. The van der Waals surface area contributed by atoms with Crippen molar-refractivity contribution in [2.24, 2.45) is 0 Å². The molecule has 2 rings (SSSR count). The summed E-state index contributed by atoms with van der Waals surface area (Å²) in [4.78, 5) is 37.0. The number of carboxylic acid groups (broad SMARTS) is 1. The second kappa shape index (κ2) is 7.81. The van der Waals surface area contributed by atoms with Gasteiger partial charge in [-0.1, -0.05) is 6.07 Å². The third kappa shape index (κ3) is 4.71. The van der Waals surface area contributed by atoms with E-state index in [0.717, 1.165) is 6.42 Å². The van der Waals surface area contributed by atoms with Gasteiger partial charge in [0.05, 0.1) is 6.42 Å². The highest BCUT2D eigenvalue weighted by atomic mass is 16.4. The van der Waals surface area contributed by atoms with Gasteiger partial charge < -0.3 is 20.6 Å². The van der Waals surface area contributed by atoms with Gasteiger partial charge in [-0.15, -0.1) is 0 Å². The number of nitrogens with zero attached hydrogens (tertiary/aromatic N) is 1. The van der Waals surface area contributed by atoms with E-state index in [1.165, 1.54) is 0 Å². The van der Waals surface area contributed by atoms with Gasteiger partial charge >= 0.3 is 12.0 Å². The van der Waals surface area contributed by atoms with Crippen molar-refractivity contribution in [2.45, 2.75) is 45.2 Å². The molecule has 3 N–H and O–H groups in total. The fourth-order valence-corrected chi connectivity index (χ4v) is 2.84. The van der Waals surface area contributed by atoms with E-state index in [-0.39, 0.29) is 30.4 Å². The first-order valence-corrected chi connectivity index (χ1v) is 8.07. The molecule has 1 fully saturated rings. The quantitative estimate of drug-likeness (QED) is 0.770. The van der Waals surface area contributed by atoms with Gasteiger partial charge in [0.2, 0.25) is 0 Å². The first kappa shape index (κ1) is 17.8. The normalized spacial score (nSPS) is 17.0. The number of rotatable bonds is 5. The second-order valence-electron chi connectivity index (χ2n) is 6.23. The number of amides is 3. The van der Waals surface area contributed by atoms with Crippen LogP contribution >= 0.6 is 0 Å². The summed E-state index contributed by atoms with van der Waals surface area (Å²) in [7, 11) is 0. The fourth-order valence-electron chi connectivity index (χ4n) is 2.84. The molecular weight excluding hydrogens is 310 g/mol. The minimum atomic E-state index is -0.902. The van der Waals surface area contributed by atoms with Crippen molar-refractivity contribution in [1.82, 2.24) is 10.2 Å². The van der Waals surface area contributed by atoms with E-state index in [9.17, 15) is 14.4 Å². The summed E-state index contributed by atoms with van der Waals surface area (Å²) < 4.78 is 0. The number of likely N-dealkylation sites (tertiary alicyclic amines) is 1. The van der Waals surface area contributed by atoms with Crippen LogP contribution in [0.3, 0.4) is 0 Å². The van der Waals surface area contributed by atoms with Crippen LogP contribution in [0.2, 0.25) is 0 Å². The Bertz CT molecular complexity index is 630. The summed E-state index contributed by atoms with van der Waals surface area (Å²) in [5.74, 6) is -1.10. The molecule has 7 nitrogen and oxygen atoms in total. The Balaban J connectivity index is 2.08. The Morgan fingerprint density at radius 3 is 2.75 bits per heavy atom. The lowest BCUT2D eigenvalue weighted by Gasteiger charge is -2.23. The molecule has 1 aromatic carbocycles. The second-order valence-corrected chi connectivity index (χ2v) is 6.23. The predicted molar refractivity (Wildman–Crippen MR) is 90.0 cm³/mol. The van der Waals surface area contributed by atoms with Crippen LogP contribution in [0.4, 0.5) is 10.5 Å². The summed E-state index contributed by atoms with van der Waals surface area (Å²) in [6.45, 7) is 4.27. The molecule has 1 heterocycles. The number of urea groups is 1. The lowest BCUT2D eigenvalue weighted by atomic mass is 10.1. The molecule has 0 aliphatic carbocycles. The maximum absolute atomic E-state index is 12.7. The van der Waals surface area contributed by atoms with Crippen molar-refractivity contribution < 1.29 is 19.5 Å². The van der Waals surface area contributed by atoms with E-state index in [0.29, 0.717) is 24.2 Å². The Kier molecular flexibility index (Phi) is 5.78. The molecule has 1 aliphatic rings. The van der Waals surface area contributed by atoms with E-state index in [1.807, 2.05) is 13.8 Å². The predicted octanol–water partition coefficient (Wildman–Crippen LogP) is 2.30. The van der Waals surface area contributed by atoms with E-state index in [1.54, 1.807) is 29.2 Å². The highest BCUT2D eigenvalue weighted by Gasteiger charge is 2.31. The molecule has 1 aromatic rings. The lowest BCUT2D eigenvalue weighted by Crippen LogP contribution is -2.37. The Hall–Kier alpha value is -2.57. The van der Waals surface area contributed by atoms with Gasteiger partial charge in [-0.2, -0.15) is 0 Å². The number of anilines is 1. The van der Waals surface area contributed by atoms with E-state index in [2.05, 4.69) is 10.6 Å². The molecule has 0 spiro atoms. The maximum atomic E-state index is 12.7. The van der Waals surface area contributed by atoms with Crippen LogP contribution in [-0.2, 0) is 4.79 Å². The average Bonchev–Trinajstić information content (AvgIpc) is 2.93. The number of hydrogen-bond acceptors (Lipinski definition) is 3. The molecule has 0 bridgehead atoms. The summed E-state index contributed by atoms with van der Waals surface area (Å²) >= 11 is 0. The van der Waals surface area contributed by atoms with Crippen molar-refractivity contribution in [3.05, 3.63) is 29.8 Å². The Morgan fingerprint density at radius 2 is 2.08 bits per heavy atom. The van der Waals surface area contributed by atoms with Gasteiger partial charge in [0.1, 0.15) is 0 Å². The number of benzene rings is 1. The molecule has 0 radical (unpaired) electrons. The van der Waals surface area contributed by atoms with Crippen molar-refractivity contribution >= 4 is 23.6 Å². The molecule has 1 unspecified atom stereocenters. The van der Waals surface area contributed by atoms with Gasteiger partial charge in [-0.25, -0.2) is 4.79 Å². The number of nitrogens with one attached hydrogen (secondary N) is 2. The molecule has 3 amide bonds. The van der Waals surface area contributed by atoms with Gasteiger partial charge in [-0.3, -0.25) is 9.59 Å². The highest BCUT2D eigenvalue weighted by Crippen LogP contribution is 2.23. The molecule has 130 valence electrons. The number of carbonyl (C=O) groups excluding carboxylic acids is 2. The first-order chi connectivity index (χ1) is 11.4. The number of hydrogen-bond donors (Lipinski definition) is 3. The fraction of sp³-hybridized carbons (Fsp3) is 0.471. The average molecular weight is 333 g/mol. The molecule has 1 atom stereocenters. The van der Waals surface area contributed by atoms with Gasteiger partial charge in [-0.05, 0) is 44.9 Å². The van der Waals surface area contributed by atoms with Gasteiger partial charge in [0.25, 0.3) is 5.91 Å². The highest BCUT2D eigenvalue weighted by molar-refractivity contribution is 5.97. The number of aliphatic carboxylic acids is 1. The third-order valence-electron chi connectivity index (χ3n) is 3.84.